The molecule has 5 heteroatoms. The van der Waals surface area contributed by atoms with Gasteiger partial charge in [-0.2, -0.15) is 0 Å². The van der Waals surface area contributed by atoms with Gasteiger partial charge in [0.05, 0.1) is 6.61 Å². The van der Waals surface area contributed by atoms with Crippen molar-refractivity contribution >= 4 is 5.91 Å². The Morgan fingerprint density at radius 1 is 1.09 bits per heavy atom. The number of nitrogens with zero attached hydrogens (tertiary/aromatic N) is 3. The molecule has 0 aromatic rings. The largest absolute Gasteiger partial charge is 0.380 e. The lowest BCUT2D eigenvalue weighted by atomic mass is 10.1. The summed E-state index contributed by atoms with van der Waals surface area (Å²) in [4.78, 5) is 19.2. The van der Waals surface area contributed by atoms with Crippen molar-refractivity contribution in [2.45, 2.75) is 45.6 Å². The van der Waals surface area contributed by atoms with Crippen molar-refractivity contribution in [3.05, 3.63) is 0 Å². The van der Waals surface area contributed by atoms with Crippen LogP contribution in [-0.2, 0) is 9.53 Å². The van der Waals surface area contributed by atoms with Crippen LogP contribution < -0.4 is 0 Å². The smallest absolute Gasteiger partial charge is 0.223 e. The lowest BCUT2D eigenvalue weighted by Crippen LogP contribution is -2.53. The molecule has 0 aliphatic carbocycles. The predicted octanol–water partition coefficient (Wildman–Crippen LogP) is 1.43. The topological polar surface area (TPSA) is 36.0 Å². The molecule has 2 rings (SSSR count). The number of hydrogen-bond acceptors (Lipinski definition) is 4. The summed E-state index contributed by atoms with van der Waals surface area (Å²) in [5.41, 5.74) is 0. The van der Waals surface area contributed by atoms with E-state index in [1.807, 2.05) is 6.92 Å². The number of amides is 1. The fourth-order valence-electron chi connectivity index (χ4n) is 3.49. The van der Waals surface area contributed by atoms with E-state index in [1.54, 1.807) is 0 Å². The minimum absolute atomic E-state index is 0.353. The van der Waals surface area contributed by atoms with E-state index >= 15 is 0 Å². The van der Waals surface area contributed by atoms with Gasteiger partial charge in [0, 0.05) is 64.9 Å². The van der Waals surface area contributed by atoms with Gasteiger partial charge in [0.15, 0.2) is 0 Å². The highest BCUT2D eigenvalue weighted by molar-refractivity contribution is 5.76. The van der Waals surface area contributed by atoms with Gasteiger partial charge < -0.3 is 14.5 Å². The number of piperidine rings is 1. The molecule has 2 heterocycles. The highest BCUT2D eigenvalue weighted by Gasteiger charge is 2.24. The number of rotatable bonds is 7. The third kappa shape index (κ3) is 5.52. The molecule has 2 aliphatic rings. The second kappa shape index (κ2) is 9.48. The van der Waals surface area contributed by atoms with Crippen molar-refractivity contribution in [3.63, 3.8) is 0 Å². The maximum absolute atomic E-state index is 12.2. The summed E-state index contributed by atoms with van der Waals surface area (Å²) >= 11 is 0. The Kier molecular flexibility index (Phi) is 7.63. The number of carbonyl (C=O) groups excluding carboxylic acids is 1. The summed E-state index contributed by atoms with van der Waals surface area (Å²) in [5.74, 6) is 0.353. The summed E-state index contributed by atoms with van der Waals surface area (Å²) in [7, 11) is 0. The monoisotopic (exact) mass is 311 g/mol. The standard InChI is InChI=1S/C17H33N3O2/c1-3-22-14-13-19-12-11-18(15-16(19)2)10-7-17(21)20-8-5-4-6-9-20/h16H,3-15H2,1-2H3/t16-/m0/s1. The van der Waals surface area contributed by atoms with Gasteiger partial charge >= 0.3 is 0 Å². The van der Waals surface area contributed by atoms with Crippen LogP contribution >= 0.6 is 0 Å². The number of likely N-dealkylation sites (tertiary alicyclic amines) is 1. The van der Waals surface area contributed by atoms with Crippen LogP contribution in [0.5, 0.6) is 0 Å². The average Bonchev–Trinajstić information content (AvgIpc) is 2.55. The maximum Gasteiger partial charge on any atom is 0.223 e. The quantitative estimate of drug-likeness (QED) is 0.667. The van der Waals surface area contributed by atoms with Crippen LogP contribution in [0.25, 0.3) is 0 Å². The van der Waals surface area contributed by atoms with Crippen LogP contribution in [0.4, 0.5) is 0 Å². The third-order valence-corrected chi connectivity index (χ3v) is 4.93. The molecule has 2 saturated heterocycles. The first-order valence-electron chi connectivity index (χ1n) is 9.02. The van der Waals surface area contributed by atoms with Crippen LogP contribution in [-0.4, -0.2) is 85.7 Å². The highest BCUT2D eigenvalue weighted by Crippen LogP contribution is 2.12. The number of carbonyl (C=O) groups is 1. The summed E-state index contributed by atoms with van der Waals surface area (Å²) in [6.07, 6.45) is 4.33. The molecule has 2 aliphatic heterocycles. The maximum atomic E-state index is 12.2. The summed E-state index contributed by atoms with van der Waals surface area (Å²) < 4.78 is 5.45. The Morgan fingerprint density at radius 2 is 1.86 bits per heavy atom. The van der Waals surface area contributed by atoms with Crippen LogP contribution in [0, 0.1) is 0 Å². The normalized spacial score (nSPS) is 24.6. The Labute approximate surface area is 135 Å². The molecular weight excluding hydrogens is 278 g/mol. The molecule has 22 heavy (non-hydrogen) atoms. The fraction of sp³-hybridized carbons (Fsp3) is 0.941. The first-order chi connectivity index (χ1) is 10.7. The molecule has 0 saturated carbocycles. The van der Waals surface area contributed by atoms with Gasteiger partial charge in [-0.1, -0.05) is 0 Å². The number of piperazine rings is 1. The second-order valence-corrected chi connectivity index (χ2v) is 6.57. The Bertz CT molecular complexity index is 332. The Morgan fingerprint density at radius 3 is 2.55 bits per heavy atom. The molecule has 0 aromatic carbocycles. The first-order valence-corrected chi connectivity index (χ1v) is 9.02. The van der Waals surface area contributed by atoms with Gasteiger partial charge in [-0.25, -0.2) is 0 Å². The van der Waals surface area contributed by atoms with E-state index in [0.717, 1.165) is 59.0 Å². The molecule has 0 N–H and O–H groups in total. The van der Waals surface area contributed by atoms with Gasteiger partial charge in [-0.3, -0.25) is 9.69 Å². The Hall–Kier alpha value is -0.650. The van der Waals surface area contributed by atoms with Crippen LogP contribution in [0.15, 0.2) is 0 Å². The number of ether oxygens (including phenoxy) is 1. The number of hydrogen-bond donors (Lipinski definition) is 0. The molecule has 0 aromatic heterocycles. The first kappa shape index (κ1) is 17.7. The fourth-order valence-corrected chi connectivity index (χ4v) is 3.49. The van der Waals surface area contributed by atoms with Crippen molar-refractivity contribution in [1.82, 2.24) is 14.7 Å². The Balaban J connectivity index is 1.64. The summed E-state index contributed by atoms with van der Waals surface area (Å²) in [5, 5.41) is 0. The van der Waals surface area contributed by atoms with Gasteiger partial charge in [0.2, 0.25) is 5.91 Å². The van der Waals surface area contributed by atoms with Crippen molar-refractivity contribution in [3.8, 4) is 0 Å². The lowest BCUT2D eigenvalue weighted by molar-refractivity contribution is -0.132. The zero-order valence-corrected chi connectivity index (χ0v) is 14.4. The van der Waals surface area contributed by atoms with Gasteiger partial charge in [0.25, 0.3) is 0 Å². The molecule has 1 atom stereocenters. The molecule has 5 nitrogen and oxygen atoms in total. The predicted molar refractivity (Wildman–Crippen MR) is 89.0 cm³/mol. The second-order valence-electron chi connectivity index (χ2n) is 6.57. The van der Waals surface area contributed by atoms with E-state index in [1.165, 1.54) is 19.3 Å². The molecule has 128 valence electrons. The van der Waals surface area contributed by atoms with Gasteiger partial charge in [-0.05, 0) is 33.1 Å². The SMILES string of the molecule is CCOCCN1CCN(CCC(=O)N2CCCCC2)C[C@@H]1C. The van der Waals surface area contributed by atoms with E-state index in [4.69, 9.17) is 4.74 Å². The summed E-state index contributed by atoms with van der Waals surface area (Å²) in [6.45, 7) is 13.1. The van der Waals surface area contributed by atoms with Crippen molar-refractivity contribution in [2.75, 3.05) is 59.0 Å². The molecule has 2 fully saturated rings. The minimum Gasteiger partial charge on any atom is -0.380 e. The van der Waals surface area contributed by atoms with Crippen molar-refractivity contribution < 1.29 is 9.53 Å². The van der Waals surface area contributed by atoms with Gasteiger partial charge in [-0.15, -0.1) is 0 Å². The molecule has 0 unspecified atom stereocenters. The highest BCUT2D eigenvalue weighted by atomic mass is 16.5. The van der Waals surface area contributed by atoms with Gasteiger partial charge in [0.1, 0.15) is 0 Å². The zero-order chi connectivity index (χ0) is 15.8. The van der Waals surface area contributed by atoms with Crippen molar-refractivity contribution in [1.29, 1.82) is 0 Å². The average molecular weight is 311 g/mol. The van der Waals surface area contributed by atoms with E-state index in [0.29, 0.717) is 18.4 Å². The molecule has 0 bridgehead atoms. The molecule has 1 amide bonds. The van der Waals surface area contributed by atoms with E-state index in [-0.39, 0.29) is 0 Å². The van der Waals surface area contributed by atoms with Crippen molar-refractivity contribution in [2.24, 2.45) is 0 Å². The van der Waals surface area contributed by atoms with Crippen LogP contribution in [0.3, 0.4) is 0 Å². The van der Waals surface area contributed by atoms with Crippen LogP contribution in [0.2, 0.25) is 0 Å². The zero-order valence-electron chi connectivity index (χ0n) is 14.4. The molecule has 0 radical (unpaired) electrons. The van der Waals surface area contributed by atoms with E-state index < -0.39 is 0 Å². The lowest BCUT2D eigenvalue weighted by Gasteiger charge is -2.40. The third-order valence-electron chi connectivity index (χ3n) is 4.93. The van der Waals surface area contributed by atoms with E-state index in [2.05, 4.69) is 21.6 Å². The summed E-state index contributed by atoms with van der Waals surface area (Å²) in [6, 6.07) is 0.555. The molecule has 0 spiro atoms. The van der Waals surface area contributed by atoms with E-state index in [9.17, 15) is 4.79 Å². The minimum atomic E-state index is 0.353. The molecular formula is C17H33N3O2. The van der Waals surface area contributed by atoms with Crippen LogP contribution in [0.1, 0.15) is 39.5 Å².